The predicted molar refractivity (Wildman–Crippen MR) is 68.7 cm³/mol. The highest BCUT2D eigenvalue weighted by Crippen LogP contribution is 2.29. The minimum absolute atomic E-state index is 0.0558. The number of esters is 1. The highest BCUT2D eigenvalue weighted by molar-refractivity contribution is 6.33. The van der Waals surface area contributed by atoms with E-state index in [0.29, 0.717) is 22.7 Å². The number of carbonyl (C=O) groups is 1. The molecule has 2 atom stereocenters. The topological polar surface area (TPSA) is 69.9 Å². The number of fused-ring (bicyclic) bond motifs is 1. The van der Waals surface area contributed by atoms with Gasteiger partial charge in [-0.1, -0.05) is 17.7 Å². The van der Waals surface area contributed by atoms with Crippen LogP contribution in [0.4, 0.5) is 0 Å². The van der Waals surface area contributed by atoms with Crippen LogP contribution in [0.5, 0.6) is 0 Å². The van der Waals surface area contributed by atoms with Gasteiger partial charge >= 0.3 is 5.97 Å². The minimum atomic E-state index is -0.281. The molecule has 0 fully saturated rings. The van der Waals surface area contributed by atoms with Crippen molar-refractivity contribution >= 4 is 28.7 Å². The van der Waals surface area contributed by atoms with E-state index >= 15 is 0 Å². The third kappa shape index (κ3) is 2.19. The lowest BCUT2D eigenvalue weighted by Crippen LogP contribution is -2.14. The van der Waals surface area contributed by atoms with E-state index in [0.717, 1.165) is 0 Å². The first-order valence-electron chi connectivity index (χ1n) is 5.83. The van der Waals surface area contributed by atoms with E-state index in [4.69, 9.17) is 16.3 Å². The van der Waals surface area contributed by atoms with Gasteiger partial charge in [0.2, 0.25) is 0 Å². The molecule has 0 bridgehead atoms. The lowest BCUT2D eigenvalue weighted by Gasteiger charge is -2.13. The number of rotatable bonds is 2. The fourth-order valence-electron chi connectivity index (χ4n) is 2.22. The van der Waals surface area contributed by atoms with Crippen LogP contribution in [0.2, 0.25) is 5.15 Å². The van der Waals surface area contributed by atoms with Crippen LogP contribution in [0.3, 0.4) is 0 Å². The standard InChI is InChI=1S/C12H11ClN4O2/c1-7(18)19-9-3-2-8(4-9)17-6-16-10-11(13)14-5-15-12(10)17/h2-3,5-6,8-9H,4H2,1H3/t8-,9-/m0/s1. The summed E-state index contributed by atoms with van der Waals surface area (Å²) in [5.41, 5.74) is 1.26. The molecule has 2 aromatic rings. The Morgan fingerprint density at radius 1 is 1.42 bits per heavy atom. The first-order chi connectivity index (χ1) is 9.15. The summed E-state index contributed by atoms with van der Waals surface area (Å²) in [6.07, 6.45) is 7.41. The van der Waals surface area contributed by atoms with Gasteiger partial charge in [-0.25, -0.2) is 15.0 Å². The number of ether oxygens (including phenoxy) is 1. The first-order valence-corrected chi connectivity index (χ1v) is 6.21. The monoisotopic (exact) mass is 278 g/mol. The Hall–Kier alpha value is -1.95. The lowest BCUT2D eigenvalue weighted by atomic mass is 10.2. The fourth-order valence-corrected chi connectivity index (χ4v) is 2.40. The van der Waals surface area contributed by atoms with Crippen LogP contribution in [0.15, 0.2) is 24.8 Å². The zero-order chi connectivity index (χ0) is 13.4. The van der Waals surface area contributed by atoms with E-state index < -0.39 is 0 Å². The molecule has 1 aliphatic rings. The molecule has 3 rings (SSSR count). The molecule has 98 valence electrons. The zero-order valence-corrected chi connectivity index (χ0v) is 10.9. The van der Waals surface area contributed by atoms with Gasteiger partial charge in [0.05, 0.1) is 12.4 Å². The number of hydrogen-bond acceptors (Lipinski definition) is 5. The molecule has 0 amide bonds. The molecule has 19 heavy (non-hydrogen) atoms. The average Bonchev–Trinajstić information content (AvgIpc) is 2.95. The van der Waals surface area contributed by atoms with E-state index in [-0.39, 0.29) is 18.1 Å². The zero-order valence-electron chi connectivity index (χ0n) is 10.2. The number of imidazole rings is 1. The average molecular weight is 279 g/mol. The third-order valence-corrected chi connectivity index (χ3v) is 3.29. The summed E-state index contributed by atoms with van der Waals surface area (Å²) in [4.78, 5) is 23.2. The normalized spacial score (nSPS) is 22.0. The third-order valence-electron chi connectivity index (χ3n) is 3.01. The lowest BCUT2D eigenvalue weighted by molar-refractivity contribution is -0.144. The highest BCUT2D eigenvalue weighted by Gasteiger charge is 2.24. The molecular weight excluding hydrogens is 268 g/mol. The molecule has 2 heterocycles. The Morgan fingerprint density at radius 2 is 2.26 bits per heavy atom. The Kier molecular flexibility index (Phi) is 2.94. The molecule has 0 aromatic carbocycles. The van der Waals surface area contributed by atoms with Crippen molar-refractivity contribution in [3.05, 3.63) is 30.0 Å². The second-order valence-corrected chi connectivity index (χ2v) is 4.68. The Morgan fingerprint density at radius 3 is 3.05 bits per heavy atom. The van der Waals surface area contributed by atoms with Gasteiger partial charge in [0.25, 0.3) is 0 Å². The summed E-state index contributed by atoms with van der Waals surface area (Å²) in [5, 5.41) is 0.335. The smallest absolute Gasteiger partial charge is 0.303 e. The summed E-state index contributed by atoms with van der Waals surface area (Å²) in [5.74, 6) is -0.281. The van der Waals surface area contributed by atoms with Crippen LogP contribution >= 0.6 is 11.6 Å². The van der Waals surface area contributed by atoms with Crippen molar-refractivity contribution in [2.45, 2.75) is 25.5 Å². The molecule has 0 saturated carbocycles. The molecular formula is C12H11ClN4O2. The first kappa shape index (κ1) is 12.1. The maximum absolute atomic E-state index is 10.9. The van der Waals surface area contributed by atoms with Gasteiger partial charge in [-0.05, 0) is 6.08 Å². The summed E-state index contributed by atoms with van der Waals surface area (Å²) in [6.45, 7) is 1.40. The maximum Gasteiger partial charge on any atom is 0.303 e. The minimum Gasteiger partial charge on any atom is -0.458 e. The van der Waals surface area contributed by atoms with Crippen molar-refractivity contribution in [2.24, 2.45) is 0 Å². The summed E-state index contributed by atoms with van der Waals surface area (Å²) in [7, 11) is 0. The maximum atomic E-state index is 10.9. The number of nitrogens with zero attached hydrogens (tertiary/aromatic N) is 4. The Balaban J connectivity index is 1.89. The van der Waals surface area contributed by atoms with E-state index in [1.165, 1.54) is 13.3 Å². The molecule has 0 N–H and O–H groups in total. The van der Waals surface area contributed by atoms with Crippen LogP contribution in [-0.2, 0) is 9.53 Å². The number of aromatic nitrogens is 4. The predicted octanol–water partition coefficient (Wildman–Crippen LogP) is 1.91. The van der Waals surface area contributed by atoms with Gasteiger partial charge in [-0.2, -0.15) is 0 Å². The molecule has 0 saturated heterocycles. The van der Waals surface area contributed by atoms with Crippen molar-refractivity contribution in [2.75, 3.05) is 0 Å². The van der Waals surface area contributed by atoms with Crippen molar-refractivity contribution < 1.29 is 9.53 Å². The molecule has 0 unspecified atom stereocenters. The molecule has 6 nitrogen and oxygen atoms in total. The van der Waals surface area contributed by atoms with Crippen LogP contribution < -0.4 is 0 Å². The number of carbonyl (C=O) groups excluding carboxylic acids is 1. The Bertz CT molecular complexity index is 667. The van der Waals surface area contributed by atoms with Crippen LogP contribution in [0, 0.1) is 0 Å². The van der Waals surface area contributed by atoms with Crippen LogP contribution in [0.25, 0.3) is 11.2 Å². The number of hydrogen-bond donors (Lipinski definition) is 0. The van der Waals surface area contributed by atoms with E-state index in [1.54, 1.807) is 6.33 Å². The molecule has 0 aliphatic heterocycles. The molecule has 2 aromatic heterocycles. The van der Waals surface area contributed by atoms with E-state index in [9.17, 15) is 4.79 Å². The van der Waals surface area contributed by atoms with Gasteiger partial charge in [0.1, 0.15) is 17.9 Å². The second kappa shape index (κ2) is 4.62. The van der Waals surface area contributed by atoms with E-state index in [1.807, 2.05) is 16.7 Å². The molecule has 0 radical (unpaired) electrons. The second-order valence-electron chi connectivity index (χ2n) is 4.32. The summed E-state index contributed by atoms with van der Waals surface area (Å²) < 4.78 is 7.06. The van der Waals surface area contributed by atoms with Gasteiger partial charge in [0, 0.05) is 13.3 Å². The van der Waals surface area contributed by atoms with Crippen molar-refractivity contribution in [1.29, 1.82) is 0 Å². The fraction of sp³-hybridized carbons (Fsp3) is 0.333. The van der Waals surface area contributed by atoms with Crippen LogP contribution in [0.1, 0.15) is 19.4 Å². The van der Waals surface area contributed by atoms with Gasteiger partial charge in [0.15, 0.2) is 10.8 Å². The van der Waals surface area contributed by atoms with Crippen molar-refractivity contribution in [1.82, 2.24) is 19.5 Å². The molecule has 0 spiro atoms. The molecule has 7 heteroatoms. The highest BCUT2D eigenvalue weighted by atomic mass is 35.5. The number of halogens is 1. The van der Waals surface area contributed by atoms with Crippen LogP contribution in [-0.4, -0.2) is 31.6 Å². The molecule has 1 aliphatic carbocycles. The van der Waals surface area contributed by atoms with E-state index in [2.05, 4.69) is 15.0 Å². The largest absolute Gasteiger partial charge is 0.458 e. The summed E-state index contributed by atoms with van der Waals surface area (Å²) in [6, 6.07) is 0.0558. The van der Waals surface area contributed by atoms with Crippen molar-refractivity contribution in [3.63, 3.8) is 0 Å². The number of allylic oxidation sites excluding steroid dienone is 1. The van der Waals surface area contributed by atoms with Gasteiger partial charge in [-0.3, -0.25) is 4.79 Å². The van der Waals surface area contributed by atoms with Gasteiger partial charge in [-0.15, -0.1) is 0 Å². The Labute approximate surface area is 114 Å². The quantitative estimate of drug-likeness (QED) is 0.477. The SMILES string of the molecule is CC(=O)O[C@H]1C=C[C@H](n2cnc3c(Cl)ncnc32)C1. The summed E-state index contributed by atoms with van der Waals surface area (Å²) >= 11 is 5.96. The van der Waals surface area contributed by atoms with Crippen molar-refractivity contribution in [3.8, 4) is 0 Å². The van der Waals surface area contributed by atoms with Gasteiger partial charge < -0.3 is 9.30 Å².